The maximum atomic E-state index is 16.0. The molecule has 24 heteroatoms. The lowest BCUT2D eigenvalue weighted by molar-refractivity contribution is -0.150. The number of hydrogen-bond donors (Lipinski definition) is 3. The van der Waals surface area contributed by atoms with E-state index >= 15 is 28.8 Å². The van der Waals surface area contributed by atoms with Gasteiger partial charge in [0.05, 0.1) is 65.6 Å². The Morgan fingerprint density at radius 2 is 0.791 bits per heavy atom. The number of fused-ring (bicyclic) bond motifs is 1. The fraction of sp³-hybridized carbons (Fsp3) is 0.308. The molecule has 1 heterocycles. The smallest absolute Gasteiger partial charge is 0.243 e. The zero-order valence-electron chi connectivity index (χ0n) is 66.0. The quantitative estimate of drug-likeness (QED) is 0.0300. The number of carbonyl (C=O) groups is 9. The van der Waals surface area contributed by atoms with Crippen LogP contribution in [0.5, 0.6) is 23.0 Å². The zero-order chi connectivity index (χ0) is 81.6. The number of likely N-dealkylation sites (N-methyl/N-ethyl adjacent to an activating group) is 1. The number of primary amides is 1. The molecule has 9 aromatic rings. The standard InChI is InChI=1S/C91H103N11O13/c1-66(71-31-15-7-16-32-71)101(63-88(108)97(57-83(93)103)53-68-29-13-6-14-30-68)90(110)61-98(54-70-44-46-80-82(50-70)115-65-114-80)89(109)64-102(67(2)72-33-17-8-18-34-72)91(111)62-100(56-78(75-39-23-11-24-40-75)76-41-25-12-26-42-76)86(106)58-95(3)85(105)59-96(48-28-27-47-92)87(107)60-99(55-77(73-35-19-9-20-36-73)74-37-21-10-22-38-74)84(104)52-94-51-69-43-45-79(112-4)81(49-69)113-5/h6-26,29-46,49-50,66-67,77-78,94H,27-28,47-48,51-65,92H2,1-5H3,(H2,93,103)/t66-,67-/m0/s1. The minimum Gasteiger partial charge on any atom is -0.493 e. The number of unbranched alkanes of at least 4 members (excludes halogenated alkanes) is 1. The maximum Gasteiger partial charge on any atom is 0.243 e. The fourth-order valence-electron chi connectivity index (χ4n) is 14.0. The number of nitrogens with one attached hydrogen (secondary N) is 1. The van der Waals surface area contributed by atoms with Crippen LogP contribution in [0.4, 0.5) is 0 Å². The van der Waals surface area contributed by atoms with Crippen LogP contribution in [0.1, 0.15) is 101 Å². The molecule has 2 atom stereocenters. The van der Waals surface area contributed by atoms with Crippen LogP contribution in [-0.4, -0.2) is 206 Å². The summed E-state index contributed by atoms with van der Waals surface area (Å²) in [6.45, 7) is -0.412. The molecular formula is C91H103N11O13. The molecule has 10 rings (SSSR count). The molecule has 9 amide bonds. The summed E-state index contributed by atoms with van der Waals surface area (Å²) in [6.07, 6.45) is 0.928. The van der Waals surface area contributed by atoms with E-state index in [4.69, 9.17) is 30.4 Å². The van der Waals surface area contributed by atoms with Crippen LogP contribution in [0, 0.1) is 0 Å². The molecule has 115 heavy (non-hydrogen) atoms. The number of methoxy groups -OCH3 is 2. The average Bonchev–Trinajstić information content (AvgIpc) is 1.35. The van der Waals surface area contributed by atoms with Gasteiger partial charge in [-0.15, -0.1) is 0 Å². The Morgan fingerprint density at radius 1 is 0.391 bits per heavy atom. The van der Waals surface area contributed by atoms with E-state index in [0.29, 0.717) is 59.1 Å². The summed E-state index contributed by atoms with van der Waals surface area (Å²) in [7, 11) is 4.55. The predicted molar refractivity (Wildman–Crippen MR) is 439 cm³/mol. The van der Waals surface area contributed by atoms with Crippen molar-refractivity contribution < 1.29 is 62.1 Å². The first-order valence-electron chi connectivity index (χ1n) is 38.6. The van der Waals surface area contributed by atoms with Crippen LogP contribution in [0.25, 0.3) is 0 Å². The third-order valence-electron chi connectivity index (χ3n) is 20.5. The summed E-state index contributed by atoms with van der Waals surface area (Å²) >= 11 is 0. The van der Waals surface area contributed by atoms with Gasteiger partial charge >= 0.3 is 0 Å². The van der Waals surface area contributed by atoms with Gasteiger partial charge in [0.1, 0.15) is 19.6 Å². The SMILES string of the molecule is COc1ccc(CNCC(=O)N(CC(=O)N(CCCCN)CC(=O)N(C)CC(=O)N(CC(=O)N(CC(=O)N(CC(=O)N(CC(=O)N(CC(N)=O)Cc2ccccc2)[C@@H](C)c2ccccc2)Cc2ccc3c(c2)OCO3)[C@@H](C)c2ccccc2)CC(c2ccccc2)c2ccccc2)CC(c2ccccc2)c2ccccc2)cc1OC. The van der Waals surface area contributed by atoms with Crippen molar-refractivity contribution in [2.24, 2.45) is 11.5 Å². The van der Waals surface area contributed by atoms with Crippen LogP contribution < -0.4 is 35.7 Å². The van der Waals surface area contributed by atoms with Crippen molar-refractivity contribution in [3.63, 3.8) is 0 Å². The third kappa shape index (κ3) is 24.4. The Bertz CT molecular complexity index is 4590. The summed E-state index contributed by atoms with van der Waals surface area (Å²) in [6, 6.07) is 74.7. The van der Waals surface area contributed by atoms with E-state index in [1.807, 2.05) is 200 Å². The van der Waals surface area contributed by atoms with Gasteiger partial charge in [-0.3, -0.25) is 43.2 Å². The van der Waals surface area contributed by atoms with E-state index in [1.165, 1.54) is 46.2 Å². The van der Waals surface area contributed by atoms with Crippen molar-refractivity contribution >= 4 is 53.2 Å². The lowest BCUT2D eigenvalue weighted by atomic mass is 9.90. The molecule has 0 unspecified atom stereocenters. The summed E-state index contributed by atoms with van der Waals surface area (Å²) < 4.78 is 22.4. The van der Waals surface area contributed by atoms with E-state index in [2.05, 4.69) is 5.32 Å². The first kappa shape index (κ1) is 84.8. The van der Waals surface area contributed by atoms with Gasteiger partial charge in [0.2, 0.25) is 60.0 Å². The number of rotatable bonds is 42. The van der Waals surface area contributed by atoms with Crippen LogP contribution >= 0.6 is 0 Å². The highest BCUT2D eigenvalue weighted by Crippen LogP contribution is 2.35. The van der Waals surface area contributed by atoms with Gasteiger partial charge in [0, 0.05) is 58.2 Å². The molecule has 0 fully saturated rings. The molecule has 5 N–H and O–H groups in total. The largest absolute Gasteiger partial charge is 0.493 e. The van der Waals surface area contributed by atoms with Gasteiger partial charge in [-0.1, -0.05) is 224 Å². The van der Waals surface area contributed by atoms with E-state index in [9.17, 15) is 14.4 Å². The molecule has 0 aromatic heterocycles. The van der Waals surface area contributed by atoms with Gasteiger partial charge in [-0.2, -0.15) is 0 Å². The first-order valence-corrected chi connectivity index (χ1v) is 38.6. The van der Waals surface area contributed by atoms with Crippen molar-refractivity contribution in [2.45, 2.75) is 70.2 Å². The maximum absolute atomic E-state index is 16.0. The second kappa shape index (κ2) is 42.8. The highest BCUT2D eigenvalue weighted by Gasteiger charge is 2.36. The second-order valence-corrected chi connectivity index (χ2v) is 28.5. The minimum atomic E-state index is -0.842. The number of hydrogen-bond acceptors (Lipinski definition) is 15. The van der Waals surface area contributed by atoms with Gasteiger partial charge in [-0.25, -0.2) is 0 Å². The second-order valence-electron chi connectivity index (χ2n) is 28.5. The highest BCUT2D eigenvalue weighted by atomic mass is 16.7. The van der Waals surface area contributed by atoms with Gasteiger partial charge in [0.15, 0.2) is 23.0 Å². The number of nitrogens with zero attached hydrogens (tertiary/aromatic N) is 8. The van der Waals surface area contributed by atoms with Crippen molar-refractivity contribution in [1.29, 1.82) is 0 Å². The molecule has 0 bridgehead atoms. The average molecular weight is 1560 g/mol. The number of amides is 9. The number of benzene rings is 9. The van der Waals surface area contributed by atoms with Crippen molar-refractivity contribution in [2.75, 3.05) is 113 Å². The molecule has 600 valence electrons. The fourth-order valence-corrected chi connectivity index (χ4v) is 14.0. The van der Waals surface area contributed by atoms with Crippen LogP contribution in [0.15, 0.2) is 249 Å². The molecule has 1 aliphatic rings. The molecule has 1 aliphatic heterocycles. The molecule has 9 aromatic carbocycles. The molecule has 0 saturated heterocycles. The molecule has 0 spiro atoms. The van der Waals surface area contributed by atoms with E-state index < -0.39 is 118 Å². The third-order valence-corrected chi connectivity index (χ3v) is 20.5. The lowest BCUT2D eigenvalue weighted by Gasteiger charge is -2.36. The van der Waals surface area contributed by atoms with E-state index in [0.717, 1.165) is 33.4 Å². The summed E-state index contributed by atoms with van der Waals surface area (Å²) in [4.78, 5) is 146. The minimum absolute atomic E-state index is 0.0126. The van der Waals surface area contributed by atoms with Gasteiger partial charge in [-0.05, 0) is 108 Å². The summed E-state index contributed by atoms with van der Waals surface area (Å²) in [5, 5.41) is 3.26. The monoisotopic (exact) mass is 1560 g/mol. The molecule has 24 nitrogen and oxygen atoms in total. The van der Waals surface area contributed by atoms with Crippen molar-refractivity contribution in [3.05, 3.63) is 299 Å². The number of ether oxygens (including phenoxy) is 4. The lowest BCUT2D eigenvalue weighted by Crippen LogP contribution is -2.53. The Hall–Kier alpha value is -12.7. The van der Waals surface area contributed by atoms with Crippen LogP contribution in [-0.2, 0) is 62.8 Å². The zero-order valence-corrected chi connectivity index (χ0v) is 66.0. The number of nitrogens with two attached hydrogens (primary N) is 2. The molecule has 0 saturated carbocycles. The first-order chi connectivity index (χ1) is 55.8. The Kier molecular flexibility index (Phi) is 31.6. The van der Waals surface area contributed by atoms with Gasteiger partial charge in [0.25, 0.3) is 0 Å². The highest BCUT2D eigenvalue weighted by molar-refractivity contribution is 5.94. The number of carbonyl (C=O) groups excluding carboxylic acids is 9. The summed E-state index contributed by atoms with van der Waals surface area (Å²) in [5.41, 5.74) is 18.7. The predicted octanol–water partition coefficient (Wildman–Crippen LogP) is 9.59. The Balaban J connectivity index is 0.948. The van der Waals surface area contributed by atoms with Gasteiger partial charge < -0.3 is 74.9 Å². The Morgan fingerprint density at radius 3 is 1.27 bits per heavy atom. The van der Waals surface area contributed by atoms with Crippen LogP contribution in [0.2, 0.25) is 0 Å². The van der Waals surface area contributed by atoms with Crippen molar-refractivity contribution in [3.8, 4) is 23.0 Å². The molecule has 0 radical (unpaired) electrons. The van der Waals surface area contributed by atoms with E-state index in [-0.39, 0.29) is 64.4 Å². The topological polar surface area (TPSA) is 281 Å². The van der Waals surface area contributed by atoms with E-state index in [1.54, 1.807) is 76.6 Å². The Labute approximate surface area is 673 Å². The normalized spacial score (nSPS) is 11.9. The summed E-state index contributed by atoms with van der Waals surface area (Å²) in [5.74, 6) is -4.40. The van der Waals surface area contributed by atoms with Crippen molar-refractivity contribution in [1.82, 2.24) is 44.5 Å². The molecular weight excluding hydrogens is 1460 g/mol. The molecule has 0 aliphatic carbocycles. The van der Waals surface area contributed by atoms with Crippen LogP contribution in [0.3, 0.4) is 0 Å².